The molecule has 1 aromatic carbocycles. The molecular formula is C17H20N2O2. The standard InChI is InChI=1S/C17H20N2O2/c1-2-21-17(20)15-10-14-8-9-19(12-16(14)18-15)11-13-6-4-3-5-7-13/h3-7,10,18H,2,8-9,11-12H2,1H3. The minimum atomic E-state index is -0.262. The van der Waals surface area contributed by atoms with Crippen LogP contribution in [0.3, 0.4) is 0 Å². The second kappa shape index (κ2) is 6.14. The third-order valence-corrected chi connectivity index (χ3v) is 3.82. The summed E-state index contributed by atoms with van der Waals surface area (Å²) in [7, 11) is 0. The van der Waals surface area contributed by atoms with Crippen molar-refractivity contribution in [1.82, 2.24) is 9.88 Å². The highest BCUT2D eigenvalue weighted by Crippen LogP contribution is 2.21. The molecule has 1 aromatic heterocycles. The first kappa shape index (κ1) is 13.9. The van der Waals surface area contributed by atoms with Gasteiger partial charge in [-0.05, 0) is 30.5 Å². The lowest BCUT2D eigenvalue weighted by molar-refractivity contribution is 0.0520. The van der Waals surface area contributed by atoms with Gasteiger partial charge >= 0.3 is 5.97 Å². The smallest absolute Gasteiger partial charge is 0.354 e. The Morgan fingerprint density at radius 3 is 2.90 bits per heavy atom. The fourth-order valence-corrected chi connectivity index (χ4v) is 2.78. The minimum Gasteiger partial charge on any atom is -0.461 e. The number of H-pyrrole nitrogens is 1. The number of ether oxygens (including phenoxy) is 1. The van der Waals surface area contributed by atoms with E-state index in [4.69, 9.17) is 4.74 Å². The van der Waals surface area contributed by atoms with Gasteiger partial charge in [0.25, 0.3) is 0 Å². The molecule has 110 valence electrons. The molecule has 1 aliphatic heterocycles. The van der Waals surface area contributed by atoms with E-state index in [1.165, 1.54) is 11.1 Å². The second-order valence-electron chi connectivity index (χ2n) is 5.35. The topological polar surface area (TPSA) is 45.3 Å². The van der Waals surface area contributed by atoms with Crippen molar-refractivity contribution in [3.63, 3.8) is 0 Å². The van der Waals surface area contributed by atoms with Gasteiger partial charge in [-0.2, -0.15) is 0 Å². The van der Waals surface area contributed by atoms with Crippen LogP contribution in [-0.4, -0.2) is 29.0 Å². The summed E-state index contributed by atoms with van der Waals surface area (Å²) in [5.41, 5.74) is 4.27. The number of esters is 1. The molecule has 0 amide bonds. The highest BCUT2D eigenvalue weighted by molar-refractivity contribution is 5.87. The Bertz CT molecular complexity index is 619. The molecule has 1 aliphatic rings. The zero-order chi connectivity index (χ0) is 14.7. The summed E-state index contributed by atoms with van der Waals surface area (Å²) in [5.74, 6) is -0.262. The summed E-state index contributed by atoms with van der Waals surface area (Å²) in [6.45, 7) is 5.03. The van der Waals surface area contributed by atoms with Crippen molar-refractivity contribution in [2.24, 2.45) is 0 Å². The molecule has 0 saturated heterocycles. The number of carbonyl (C=O) groups excluding carboxylic acids is 1. The summed E-state index contributed by atoms with van der Waals surface area (Å²) < 4.78 is 5.04. The fourth-order valence-electron chi connectivity index (χ4n) is 2.78. The highest BCUT2D eigenvalue weighted by atomic mass is 16.5. The number of nitrogens with zero attached hydrogens (tertiary/aromatic N) is 1. The van der Waals surface area contributed by atoms with Crippen molar-refractivity contribution in [3.8, 4) is 0 Å². The monoisotopic (exact) mass is 284 g/mol. The Morgan fingerprint density at radius 2 is 2.14 bits per heavy atom. The molecule has 0 bridgehead atoms. The van der Waals surface area contributed by atoms with Gasteiger partial charge in [0.15, 0.2) is 0 Å². The molecule has 21 heavy (non-hydrogen) atoms. The molecule has 0 atom stereocenters. The summed E-state index contributed by atoms with van der Waals surface area (Å²) in [5, 5.41) is 0. The molecule has 4 heteroatoms. The van der Waals surface area contributed by atoms with Crippen molar-refractivity contribution in [1.29, 1.82) is 0 Å². The normalized spacial score (nSPS) is 14.7. The van der Waals surface area contributed by atoms with Crippen molar-refractivity contribution in [2.45, 2.75) is 26.4 Å². The Kier molecular flexibility index (Phi) is 4.06. The van der Waals surface area contributed by atoms with Crippen LogP contribution >= 0.6 is 0 Å². The highest BCUT2D eigenvalue weighted by Gasteiger charge is 2.21. The molecule has 1 N–H and O–H groups in total. The SMILES string of the molecule is CCOC(=O)c1cc2c([nH]1)CN(Cc1ccccc1)CC2. The molecule has 0 spiro atoms. The van der Waals surface area contributed by atoms with E-state index in [0.717, 1.165) is 31.7 Å². The van der Waals surface area contributed by atoms with E-state index in [0.29, 0.717) is 12.3 Å². The van der Waals surface area contributed by atoms with E-state index in [-0.39, 0.29) is 5.97 Å². The number of rotatable bonds is 4. The number of nitrogens with one attached hydrogen (secondary N) is 1. The number of carbonyl (C=O) groups is 1. The van der Waals surface area contributed by atoms with Crippen LogP contribution < -0.4 is 0 Å². The van der Waals surface area contributed by atoms with Crippen LogP contribution in [0.2, 0.25) is 0 Å². The fraction of sp³-hybridized carbons (Fsp3) is 0.353. The van der Waals surface area contributed by atoms with Crippen LogP contribution in [0.4, 0.5) is 0 Å². The van der Waals surface area contributed by atoms with Gasteiger partial charge in [0.05, 0.1) is 6.61 Å². The van der Waals surface area contributed by atoms with Crippen LogP contribution in [0.5, 0.6) is 0 Å². The zero-order valence-corrected chi connectivity index (χ0v) is 12.3. The summed E-state index contributed by atoms with van der Waals surface area (Å²) >= 11 is 0. The van der Waals surface area contributed by atoms with Crippen molar-refractivity contribution in [2.75, 3.05) is 13.2 Å². The van der Waals surface area contributed by atoms with Crippen molar-refractivity contribution < 1.29 is 9.53 Å². The van der Waals surface area contributed by atoms with Gasteiger partial charge in [-0.15, -0.1) is 0 Å². The zero-order valence-electron chi connectivity index (χ0n) is 12.3. The number of aromatic nitrogens is 1. The average Bonchev–Trinajstić information content (AvgIpc) is 2.92. The van der Waals surface area contributed by atoms with E-state index < -0.39 is 0 Å². The van der Waals surface area contributed by atoms with Crippen LogP contribution in [0.15, 0.2) is 36.4 Å². The first-order chi connectivity index (χ1) is 10.3. The molecular weight excluding hydrogens is 264 g/mol. The molecule has 0 saturated carbocycles. The molecule has 0 unspecified atom stereocenters. The van der Waals surface area contributed by atoms with Crippen molar-refractivity contribution >= 4 is 5.97 Å². The van der Waals surface area contributed by atoms with Gasteiger partial charge in [0, 0.05) is 25.3 Å². The molecule has 2 aromatic rings. The molecule has 4 nitrogen and oxygen atoms in total. The lowest BCUT2D eigenvalue weighted by Gasteiger charge is -2.26. The van der Waals surface area contributed by atoms with Gasteiger partial charge in [-0.3, -0.25) is 4.90 Å². The Hall–Kier alpha value is -2.07. The van der Waals surface area contributed by atoms with Crippen LogP contribution in [-0.2, 0) is 24.2 Å². The average molecular weight is 284 g/mol. The van der Waals surface area contributed by atoms with E-state index in [1.807, 2.05) is 19.1 Å². The Morgan fingerprint density at radius 1 is 1.33 bits per heavy atom. The van der Waals surface area contributed by atoms with Gasteiger partial charge in [-0.25, -0.2) is 4.79 Å². The van der Waals surface area contributed by atoms with Crippen molar-refractivity contribution in [3.05, 3.63) is 58.9 Å². The lowest BCUT2D eigenvalue weighted by Crippen LogP contribution is -2.29. The number of aromatic amines is 1. The molecule has 0 aliphatic carbocycles. The van der Waals surface area contributed by atoms with Crippen LogP contribution in [0, 0.1) is 0 Å². The molecule has 0 radical (unpaired) electrons. The maximum absolute atomic E-state index is 11.8. The summed E-state index contributed by atoms with van der Waals surface area (Å²) in [6, 6.07) is 12.4. The maximum Gasteiger partial charge on any atom is 0.354 e. The molecule has 2 heterocycles. The van der Waals surface area contributed by atoms with E-state index in [1.54, 1.807) is 0 Å². The quantitative estimate of drug-likeness (QED) is 0.878. The van der Waals surface area contributed by atoms with E-state index in [2.05, 4.69) is 34.1 Å². The number of fused-ring (bicyclic) bond motifs is 1. The first-order valence-electron chi connectivity index (χ1n) is 7.40. The lowest BCUT2D eigenvalue weighted by atomic mass is 10.1. The second-order valence-corrected chi connectivity index (χ2v) is 5.35. The van der Waals surface area contributed by atoms with Crippen LogP contribution in [0.1, 0.15) is 34.2 Å². The van der Waals surface area contributed by atoms with E-state index >= 15 is 0 Å². The predicted octanol–water partition coefficient (Wildman–Crippen LogP) is 2.75. The predicted molar refractivity (Wildman–Crippen MR) is 81.0 cm³/mol. The van der Waals surface area contributed by atoms with Gasteiger partial charge in [-0.1, -0.05) is 30.3 Å². The van der Waals surface area contributed by atoms with Gasteiger partial charge < -0.3 is 9.72 Å². The first-order valence-corrected chi connectivity index (χ1v) is 7.40. The molecule has 3 rings (SSSR count). The number of hydrogen-bond donors (Lipinski definition) is 1. The summed E-state index contributed by atoms with van der Waals surface area (Å²) in [6.07, 6.45) is 0.970. The van der Waals surface area contributed by atoms with Gasteiger partial charge in [0.2, 0.25) is 0 Å². The number of hydrogen-bond acceptors (Lipinski definition) is 3. The Balaban J connectivity index is 1.69. The summed E-state index contributed by atoms with van der Waals surface area (Å²) in [4.78, 5) is 17.4. The maximum atomic E-state index is 11.8. The molecule has 0 fully saturated rings. The van der Waals surface area contributed by atoms with Crippen LogP contribution in [0.25, 0.3) is 0 Å². The van der Waals surface area contributed by atoms with Gasteiger partial charge in [0.1, 0.15) is 5.69 Å². The number of benzene rings is 1. The Labute approximate surface area is 124 Å². The minimum absolute atomic E-state index is 0.262. The third-order valence-electron chi connectivity index (χ3n) is 3.82. The third kappa shape index (κ3) is 3.16. The largest absolute Gasteiger partial charge is 0.461 e. The van der Waals surface area contributed by atoms with E-state index in [9.17, 15) is 4.79 Å².